The number of aryl methyl sites for hydroxylation is 1. The number of ketones is 1. The van der Waals surface area contributed by atoms with Crippen LogP contribution in [0.1, 0.15) is 50.9 Å². The minimum atomic E-state index is -0.810. The van der Waals surface area contributed by atoms with E-state index in [2.05, 4.69) is 5.32 Å². The van der Waals surface area contributed by atoms with Gasteiger partial charge in [0, 0.05) is 22.5 Å². The van der Waals surface area contributed by atoms with Crippen molar-refractivity contribution < 1.29 is 18.7 Å². The molecule has 0 spiro atoms. The summed E-state index contributed by atoms with van der Waals surface area (Å²) in [5.41, 5.74) is 2.62. The molecule has 5 nitrogen and oxygen atoms in total. The summed E-state index contributed by atoms with van der Waals surface area (Å²) in [7, 11) is 0. The Morgan fingerprint density at radius 3 is 2.52 bits per heavy atom. The van der Waals surface area contributed by atoms with Crippen LogP contribution in [0.4, 0.5) is 0 Å². The van der Waals surface area contributed by atoms with Crippen LogP contribution >= 0.6 is 11.6 Å². The quantitative estimate of drug-likeness (QED) is 0.394. The molecule has 1 aromatic heterocycles. The maximum absolute atomic E-state index is 13.3. The number of rotatable bonds is 4. The largest absolute Gasteiger partial charge is 0.482 e. The molecule has 1 aliphatic rings. The summed E-state index contributed by atoms with van der Waals surface area (Å²) in [6.45, 7) is 4.07. The van der Waals surface area contributed by atoms with Crippen LogP contribution in [0.5, 0.6) is 5.75 Å². The first-order chi connectivity index (χ1) is 15.9. The maximum atomic E-state index is 13.3. The average Bonchev–Trinajstić information content (AvgIpc) is 3.15. The molecular weight excluding hydrogens is 438 g/mol. The van der Waals surface area contributed by atoms with Crippen LogP contribution in [0.15, 0.2) is 71.1 Å². The zero-order valence-electron chi connectivity index (χ0n) is 18.3. The fraction of sp³-hybridized carbons (Fsp3) is 0.185. The van der Waals surface area contributed by atoms with Gasteiger partial charge in [-0.15, -0.1) is 0 Å². The van der Waals surface area contributed by atoms with Crippen molar-refractivity contribution in [3.63, 3.8) is 0 Å². The SMILES string of the molecule is Cc1c(C(=O)NCc2ccccc2)oc2ccc3c(c12)C(=O)C[C@@](C)(c1ccc(Cl)cc1)O3. The van der Waals surface area contributed by atoms with Crippen molar-refractivity contribution in [1.29, 1.82) is 0 Å². The number of fused-ring (bicyclic) bond motifs is 3. The smallest absolute Gasteiger partial charge is 0.287 e. The van der Waals surface area contributed by atoms with Gasteiger partial charge in [-0.1, -0.05) is 54.1 Å². The summed E-state index contributed by atoms with van der Waals surface area (Å²) in [5, 5.41) is 4.14. The summed E-state index contributed by atoms with van der Waals surface area (Å²) in [6, 6.07) is 20.4. The van der Waals surface area contributed by atoms with Crippen LogP contribution in [0.3, 0.4) is 0 Å². The van der Waals surface area contributed by atoms with Gasteiger partial charge in [-0.25, -0.2) is 0 Å². The van der Waals surface area contributed by atoms with Gasteiger partial charge in [0.1, 0.15) is 16.9 Å². The number of hydrogen-bond donors (Lipinski definition) is 1. The van der Waals surface area contributed by atoms with Crippen LogP contribution in [0.25, 0.3) is 11.0 Å². The van der Waals surface area contributed by atoms with E-state index in [1.54, 1.807) is 31.2 Å². The Kier molecular flexibility index (Phi) is 5.22. The zero-order chi connectivity index (χ0) is 23.2. The first kappa shape index (κ1) is 21.3. The Balaban J connectivity index is 1.49. The molecule has 0 saturated heterocycles. The molecule has 0 fully saturated rings. The van der Waals surface area contributed by atoms with E-state index in [4.69, 9.17) is 20.8 Å². The van der Waals surface area contributed by atoms with Gasteiger partial charge in [0.05, 0.1) is 12.0 Å². The van der Waals surface area contributed by atoms with Crippen LogP contribution in [0, 0.1) is 6.92 Å². The predicted molar refractivity (Wildman–Crippen MR) is 127 cm³/mol. The molecule has 0 unspecified atom stereocenters. The first-order valence-electron chi connectivity index (χ1n) is 10.7. The van der Waals surface area contributed by atoms with Crippen molar-refractivity contribution in [2.24, 2.45) is 0 Å². The third kappa shape index (κ3) is 3.79. The third-order valence-electron chi connectivity index (χ3n) is 6.13. The summed E-state index contributed by atoms with van der Waals surface area (Å²) >= 11 is 6.02. The lowest BCUT2D eigenvalue weighted by atomic mass is 9.84. The highest BCUT2D eigenvalue weighted by molar-refractivity contribution is 6.30. The second-order valence-corrected chi connectivity index (χ2v) is 8.91. The Hall–Kier alpha value is -3.57. The highest BCUT2D eigenvalue weighted by Gasteiger charge is 2.40. The Morgan fingerprint density at radius 1 is 1.06 bits per heavy atom. The van der Waals surface area contributed by atoms with E-state index in [0.29, 0.717) is 39.4 Å². The van der Waals surface area contributed by atoms with Crippen molar-refractivity contribution in [3.05, 3.63) is 99.8 Å². The van der Waals surface area contributed by atoms with Crippen molar-refractivity contribution in [2.75, 3.05) is 0 Å². The number of nitrogens with one attached hydrogen (secondary N) is 1. The van der Waals surface area contributed by atoms with Crippen LogP contribution in [-0.2, 0) is 12.1 Å². The molecule has 166 valence electrons. The lowest BCUT2D eigenvalue weighted by molar-refractivity contribution is 0.0507. The molecule has 1 atom stereocenters. The zero-order valence-corrected chi connectivity index (χ0v) is 19.0. The highest BCUT2D eigenvalue weighted by Crippen LogP contribution is 2.44. The van der Waals surface area contributed by atoms with E-state index >= 15 is 0 Å². The summed E-state index contributed by atoms with van der Waals surface area (Å²) in [6.07, 6.45) is 0.168. The number of carbonyl (C=O) groups is 2. The van der Waals surface area contributed by atoms with E-state index in [1.807, 2.05) is 49.4 Å². The molecule has 0 bridgehead atoms. The molecule has 1 aliphatic heterocycles. The lowest BCUT2D eigenvalue weighted by Crippen LogP contribution is -2.36. The minimum Gasteiger partial charge on any atom is -0.482 e. The van der Waals surface area contributed by atoms with Gasteiger partial charge in [-0.2, -0.15) is 0 Å². The fourth-order valence-electron chi connectivity index (χ4n) is 4.40. The number of carbonyl (C=O) groups excluding carboxylic acids is 2. The molecular formula is C27H22ClNO4. The van der Waals surface area contributed by atoms with E-state index in [1.165, 1.54) is 0 Å². The van der Waals surface area contributed by atoms with E-state index in [-0.39, 0.29) is 23.9 Å². The Bertz CT molecular complexity index is 1380. The van der Waals surface area contributed by atoms with Crippen LogP contribution < -0.4 is 10.1 Å². The summed E-state index contributed by atoms with van der Waals surface area (Å²) in [4.78, 5) is 26.2. The predicted octanol–water partition coefficient (Wildman–Crippen LogP) is 6.21. The fourth-order valence-corrected chi connectivity index (χ4v) is 4.52. The molecule has 3 aromatic carbocycles. The molecule has 5 rings (SSSR count). The Morgan fingerprint density at radius 2 is 1.79 bits per heavy atom. The summed E-state index contributed by atoms with van der Waals surface area (Å²) in [5.74, 6) is 0.306. The van der Waals surface area contributed by atoms with Gasteiger partial charge >= 0.3 is 0 Å². The minimum absolute atomic E-state index is 0.0561. The average molecular weight is 460 g/mol. The highest BCUT2D eigenvalue weighted by atomic mass is 35.5. The lowest BCUT2D eigenvalue weighted by Gasteiger charge is -2.35. The van der Waals surface area contributed by atoms with Gasteiger partial charge in [0.15, 0.2) is 11.5 Å². The van der Waals surface area contributed by atoms with Gasteiger partial charge in [-0.05, 0) is 49.2 Å². The number of hydrogen-bond acceptors (Lipinski definition) is 4. The molecule has 1 N–H and O–H groups in total. The number of ether oxygens (including phenoxy) is 1. The van der Waals surface area contributed by atoms with Crippen molar-refractivity contribution in [3.8, 4) is 5.75 Å². The monoisotopic (exact) mass is 459 g/mol. The topological polar surface area (TPSA) is 68.5 Å². The van der Waals surface area contributed by atoms with Gasteiger partial charge in [0.25, 0.3) is 5.91 Å². The third-order valence-corrected chi connectivity index (χ3v) is 6.38. The molecule has 2 heterocycles. The molecule has 0 radical (unpaired) electrons. The van der Waals surface area contributed by atoms with Crippen molar-refractivity contribution in [2.45, 2.75) is 32.4 Å². The molecule has 0 aliphatic carbocycles. The molecule has 33 heavy (non-hydrogen) atoms. The van der Waals surface area contributed by atoms with Crippen molar-refractivity contribution in [1.82, 2.24) is 5.32 Å². The van der Waals surface area contributed by atoms with Crippen LogP contribution in [0.2, 0.25) is 5.02 Å². The number of benzene rings is 3. The van der Waals surface area contributed by atoms with Gasteiger partial charge in [0.2, 0.25) is 0 Å². The van der Waals surface area contributed by atoms with Crippen molar-refractivity contribution >= 4 is 34.3 Å². The van der Waals surface area contributed by atoms with Crippen LogP contribution in [-0.4, -0.2) is 11.7 Å². The number of furan rings is 1. The number of halogens is 1. The number of amides is 1. The summed E-state index contributed by atoms with van der Waals surface area (Å²) < 4.78 is 12.2. The maximum Gasteiger partial charge on any atom is 0.287 e. The second-order valence-electron chi connectivity index (χ2n) is 8.48. The standard InChI is InChI=1S/C27H22ClNO4/c1-16-23-21(32-25(16)26(31)29-15-17-6-4-3-5-7-17)12-13-22-24(23)20(30)14-27(2,33-22)18-8-10-19(28)11-9-18/h3-13H,14-15H2,1-2H3,(H,29,31)/t27-/m0/s1. The normalized spacial score (nSPS) is 17.5. The number of Topliss-reactive ketones (excluding diaryl/α,β-unsaturated/α-hetero) is 1. The molecule has 1 amide bonds. The second kappa shape index (κ2) is 8.09. The van der Waals surface area contributed by atoms with E-state index in [0.717, 1.165) is 11.1 Å². The van der Waals surface area contributed by atoms with Gasteiger partial charge < -0.3 is 14.5 Å². The molecule has 6 heteroatoms. The van der Waals surface area contributed by atoms with E-state index < -0.39 is 5.60 Å². The molecule has 4 aromatic rings. The molecule has 0 saturated carbocycles. The van der Waals surface area contributed by atoms with Gasteiger partial charge in [-0.3, -0.25) is 9.59 Å². The first-order valence-corrected chi connectivity index (χ1v) is 11.1. The van der Waals surface area contributed by atoms with E-state index in [9.17, 15) is 9.59 Å². The Labute approximate surface area is 196 Å².